The first kappa shape index (κ1) is 21.3. The molecule has 0 saturated heterocycles. The van der Waals surface area contributed by atoms with Crippen LogP contribution in [0.4, 0.5) is 0 Å². The van der Waals surface area contributed by atoms with Crippen LogP contribution < -0.4 is 5.32 Å². The highest BCUT2D eigenvalue weighted by Gasteiger charge is 2.27. The van der Waals surface area contributed by atoms with Crippen LogP contribution in [0.15, 0.2) is 24.3 Å². The quantitative estimate of drug-likeness (QED) is 0.729. The number of hydrogen-bond donors (Lipinski definition) is 1. The van der Waals surface area contributed by atoms with Crippen LogP contribution in [0, 0.1) is 5.92 Å². The molecule has 0 spiro atoms. The van der Waals surface area contributed by atoms with Gasteiger partial charge in [-0.15, -0.1) is 5.10 Å². The maximum absolute atomic E-state index is 12.6. The van der Waals surface area contributed by atoms with Gasteiger partial charge in [-0.25, -0.2) is 4.79 Å². The lowest BCUT2D eigenvalue weighted by Crippen LogP contribution is -2.45. The van der Waals surface area contributed by atoms with Gasteiger partial charge in [-0.1, -0.05) is 62.8 Å². The zero-order valence-electron chi connectivity index (χ0n) is 16.1. The molecule has 1 heterocycles. The fourth-order valence-electron chi connectivity index (χ4n) is 2.36. The Morgan fingerprint density at radius 2 is 1.85 bits per heavy atom. The van der Waals surface area contributed by atoms with Crippen molar-refractivity contribution < 1.29 is 14.3 Å². The van der Waals surface area contributed by atoms with Gasteiger partial charge in [-0.3, -0.25) is 4.79 Å². The number of nitrogens with one attached hydrogen (secondary N) is 1. The molecule has 0 aliphatic rings. The highest BCUT2D eigenvalue weighted by molar-refractivity contribution is 7.10. The molecular formula is C19H24ClN3O3S. The Balaban J connectivity index is 2.03. The fourth-order valence-corrected chi connectivity index (χ4v) is 2.96. The van der Waals surface area contributed by atoms with Gasteiger partial charge in [0.2, 0.25) is 0 Å². The molecule has 1 aromatic heterocycles. The number of benzene rings is 1. The zero-order chi connectivity index (χ0) is 20.2. The highest BCUT2D eigenvalue weighted by atomic mass is 35.5. The van der Waals surface area contributed by atoms with Crippen LogP contribution in [0.25, 0.3) is 0 Å². The molecule has 0 aliphatic heterocycles. The van der Waals surface area contributed by atoms with Crippen molar-refractivity contribution in [3.63, 3.8) is 0 Å². The maximum atomic E-state index is 12.6. The third-order valence-electron chi connectivity index (χ3n) is 4.08. The Morgan fingerprint density at radius 3 is 2.33 bits per heavy atom. The second-order valence-electron chi connectivity index (χ2n) is 7.62. The minimum atomic E-state index is -0.773. The van der Waals surface area contributed by atoms with E-state index in [4.69, 9.17) is 16.3 Å². The number of ether oxygens (including phenoxy) is 1. The molecule has 0 saturated carbocycles. The van der Waals surface area contributed by atoms with Crippen molar-refractivity contribution in [1.82, 2.24) is 14.9 Å². The average molecular weight is 410 g/mol. The molecule has 0 radical (unpaired) electrons. The molecule has 0 fully saturated rings. The van der Waals surface area contributed by atoms with Gasteiger partial charge in [0.05, 0.1) is 0 Å². The first-order valence-electron chi connectivity index (χ1n) is 8.64. The van der Waals surface area contributed by atoms with Crippen molar-refractivity contribution >= 4 is 35.0 Å². The van der Waals surface area contributed by atoms with E-state index < -0.39 is 12.0 Å². The summed E-state index contributed by atoms with van der Waals surface area (Å²) in [5.41, 5.74) is 2.04. The predicted molar refractivity (Wildman–Crippen MR) is 106 cm³/mol. The van der Waals surface area contributed by atoms with Gasteiger partial charge in [0.1, 0.15) is 22.7 Å². The molecule has 6 nitrogen and oxygen atoms in total. The molecule has 0 unspecified atom stereocenters. The fraction of sp³-hybridized carbons (Fsp3) is 0.474. The Labute approximate surface area is 168 Å². The highest BCUT2D eigenvalue weighted by Crippen LogP contribution is 2.22. The Kier molecular flexibility index (Phi) is 6.95. The standard InChI is InChI=1S/C19H24ClN3O3S/c1-11(2)15(18(25)26-10-14-16(20)27-23-22-14)21-17(24)12-6-8-13(9-7-12)19(3,4)5/h6-9,11,15H,10H2,1-5H3,(H,21,24)/t15-/m0/s1. The zero-order valence-corrected chi connectivity index (χ0v) is 17.6. The molecule has 0 bridgehead atoms. The number of halogens is 1. The molecule has 2 aromatic rings. The Morgan fingerprint density at radius 1 is 1.22 bits per heavy atom. The van der Waals surface area contributed by atoms with E-state index in [0.717, 1.165) is 17.1 Å². The van der Waals surface area contributed by atoms with E-state index >= 15 is 0 Å². The lowest BCUT2D eigenvalue weighted by atomic mass is 9.86. The molecule has 8 heteroatoms. The van der Waals surface area contributed by atoms with E-state index in [1.54, 1.807) is 12.1 Å². The smallest absolute Gasteiger partial charge is 0.329 e. The summed E-state index contributed by atoms with van der Waals surface area (Å²) in [4.78, 5) is 25.0. The van der Waals surface area contributed by atoms with Gasteiger partial charge >= 0.3 is 5.97 Å². The molecule has 27 heavy (non-hydrogen) atoms. The Hall–Kier alpha value is -1.99. The number of amides is 1. The summed E-state index contributed by atoms with van der Waals surface area (Å²) in [6.45, 7) is 9.93. The van der Waals surface area contributed by atoms with E-state index in [1.807, 2.05) is 26.0 Å². The van der Waals surface area contributed by atoms with Crippen LogP contribution in [0.3, 0.4) is 0 Å². The summed E-state index contributed by atoms with van der Waals surface area (Å²) in [5, 5.41) is 6.56. The van der Waals surface area contributed by atoms with Crippen molar-refractivity contribution in [2.24, 2.45) is 5.92 Å². The van der Waals surface area contributed by atoms with E-state index in [0.29, 0.717) is 15.6 Å². The predicted octanol–water partition coefficient (Wildman–Crippen LogP) is 3.99. The summed E-state index contributed by atoms with van der Waals surface area (Å²) < 4.78 is 9.33. The van der Waals surface area contributed by atoms with Crippen LogP contribution in [0.1, 0.15) is 56.2 Å². The largest absolute Gasteiger partial charge is 0.457 e. The second-order valence-corrected chi connectivity index (χ2v) is 8.98. The molecule has 0 aliphatic carbocycles. The number of rotatable bonds is 6. The number of hydrogen-bond acceptors (Lipinski definition) is 6. The van der Waals surface area contributed by atoms with Crippen LogP contribution in [-0.4, -0.2) is 27.5 Å². The SMILES string of the molecule is CC(C)[C@H](NC(=O)c1ccc(C(C)(C)C)cc1)C(=O)OCc1nnsc1Cl. The van der Waals surface area contributed by atoms with Crippen molar-refractivity contribution in [3.05, 3.63) is 45.4 Å². The third-order valence-corrected chi connectivity index (χ3v) is 5.07. The number of aromatic nitrogens is 2. The summed E-state index contributed by atoms with van der Waals surface area (Å²) in [7, 11) is 0. The van der Waals surface area contributed by atoms with Gasteiger partial charge in [0, 0.05) is 17.1 Å². The van der Waals surface area contributed by atoms with Gasteiger partial charge in [-0.2, -0.15) is 0 Å². The van der Waals surface area contributed by atoms with Crippen LogP contribution in [0.5, 0.6) is 0 Å². The molecule has 1 aromatic carbocycles. The molecule has 1 amide bonds. The second kappa shape index (κ2) is 8.80. The van der Waals surface area contributed by atoms with Gasteiger partial charge in [0.15, 0.2) is 0 Å². The first-order valence-corrected chi connectivity index (χ1v) is 9.79. The summed E-state index contributed by atoms with van der Waals surface area (Å²) in [6.07, 6.45) is 0. The first-order chi connectivity index (χ1) is 12.6. The lowest BCUT2D eigenvalue weighted by Gasteiger charge is -2.21. The minimum absolute atomic E-state index is 0.00506. The lowest BCUT2D eigenvalue weighted by molar-refractivity contribution is -0.148. The monoisotopic (exact) mass is 409 g/mol. The van der Waals surface area contributed by atoms with Crippen LogP contribution in [0.2, 0.25) is 4.34 Å². The third kappa shape index (κ3) is 5.74. The molecule has 1 atom stereocenters. The average Bonchev–Trinajstić information content (AvgIpc) is 3.01. The summed E-state index contributed by atoms with van der Waals surface area (Å²) in [6, 6.07) is 6.60. The van der Waals surface area contributed by atoms with Crippen LogP contribution >= 0.6 is 23.1 Å². The molecule has 146 valence electrons. The number of nitrogens with zero attached hydrogens (tertiary/aromatic N) is 2. The molecule has 2 rings (SSSR count). The number of esters is 1. The van der Waals surface area contributed by atoms with Crippen molar-refractivity contribution in [1.29, 1.82) is 0 Å². The molecular weight excluding hydrogens is 386 g/mol. The van der Waals surface area contributed by atoms with Gasteiger partial charge in [-0.05, 0) is 29.0 Å². The van der Waals surface area contributed by atoms with E-state index in [2.05, 4.69) is 35.7 Å². The van der Waals surface area contributed by atoms with E-state index in [-0.39, 0.29) is 23.8 Å². The maximum Gasteiger partial charge on any atom is 0.329 e. The van der Waals surface area contributed by atoms with E-state index in [9.17, 15) is 9.59 Å². The molecule has 1 N–H and O–H groups in total. The van der Waals surface area contributed by atoms with Crippen molar-refractivity contribution in [2.75, 3.05) is 0 Å². The Bertz CT molecular complexity index is 797. The van der Waals surface area contributed by atoms with Crippen molar-refractivity contribution in [3.8, 4) is 0 Å². The van der Waals surface area contributed by atoms with E-state index in [1.165, 1.54) is 0 Å². The van der Waals surface area contributed by atoms with Gasteiger partial charge < -0.3 is 10.1 Å². The minimum Gasteiger partial charge on any atom is -0.457 e. The summed E-state index contributed by atoms with van der Waals surface area (Å²) >= 11 is 6.93. The van der Waals surface area contributed by atoms with Crippen LogP contribution in [-0.2, 0) is 21.6 Å². The number of carbonyl (C=O) groups excluding carboxylic acids is 2. The van der Waals surface area contributed by atoms with Crippen molar-refractivity contribution in [2.45, 2.75) is 52.7 Å². The normalized spacial score (nSPS) is 12.7. The topological polar surface area (TPSA) is 81.2 Å². The summed E-state index contributed by atoms with van der Waals surface area (Å²) in [5.74, 6) is -0.993. The number of carbonyl (C=O) groups is 2. The van der Waals surface area contributed by atoms with Gasteiger partial charge in [0.25, 0.3) is 5.91 Å².